The molecular formula is C12H9N3O5. The minimum absolute atomic E-state index is 0.0861. The summed E-state index contributed by atoms with van der Waals surface area (Å²) in [5.41, 5.74) is -0.446. The highest BCUT2D eigenvalue weighted by atomic mass is 16.6. The van der Waals surface area contributed by atoms with Crippen LogP contribution < -0.4 is 4.74 Å². The highest BCUT2D eigenvalue weighted by molar-refractivity contribution is 5.87. The first-order valence-electron chi connectivity index (χ1n) is 5.43. The second-order valence-electron chi connectivity index (χ2n) is 3.56. The van der Waals surface area contributed by atoms with E-state index in [0.717, 1.165) is 6.07 Å². The van der Waals surface area contributed by atoms with Crippen molar-refractivity contribution < 1.29 is 19.2 Å². The number of aromatic nitrogens is 2. The molecule has 0 saturated carbocycles. The zero-order valence-electron chi connectivity index (χ0n) is 10.3. The number of hydrogen-bond donors (Lipinski definition) is 0. The largest absolute Gasteiger partial charge is 0.464 e. The van der Waals surface area contributed by atoms with Gasteiger partial charge in [-0.1, -0.05) is 0 Å². The van der Waals surface area contributed by atoms with Crippen LogP contribution in [-0.2, 0) is 4.74 Å². The molecule has 0 fully saturated rings. The van der Waals surface area contributed by atoms with Gasteiger partial charge in [0.25, 0.3) is 0 Å². The topological polar surface area (TPSA) is 104 Å². The van der Waals surface area contributed by atoms with E-state index in [9.17, 15) is 14.9 Å². The van der Waals surface area contributed by atoms with Crippen molar-refractivity contribution in [2.45, 2.75) is 0 Å². The number of esters is 1. The van der Waals surface area contributed by atoms with Crippen LogP contribution in [-0.4, -0.2) is 28.0 Å². The summed E-state index contributed by atoms with van der Waals surface area (Å²) in [6, 6.07) is 5.49. The molecule has 0 unspecified atom stereocenters. The van der Waals surface area contributed by atoms with E-state index in [-0.39, 0.29) is 23.0 Å². The molecule has 0 aliphatic carbocycles. The predicted molar refractivity (Wildman–Crippen MR) is 66.5 cm³/mol. The van der Waals surface area contributed by atoms with Crippen LogP contribution in [0.3, 0.4) is 0 Å². The Morgan fingerprint density at radius 2 is 2.15 bits per heavy atom. The van der Waals surface area contributed by atoms with E-state index >= 15 is 0 Å². The Bertz CT molecular complexity index is 645. The molecule has 2 heterocycles. The molecule has 0 atom stereocenters. The molecule has 8 nitrogen and oxygen atoms in total. The van der Waals surface area contributed by atoms with Gasteiger partial charge >= 0.3 is 17.5 Å². The average Bonchev–Trinajstić information content (AvgIpc) is 2.47. The zero-order valence-corrected chi connectivity index (χ0v) is 10.3. The van der Waals surface area contributed by atoms with Gasteiger partial charge in [-0.3, -0.25) is 15.1 Å². The van der Waals surface area contributed by atoms with Gasteiger partial charge in [0.2, 0.25) is 0 Å². The molecule has 20 heavy (non-hydrogen) atoms. The van der Waals surface area contributed by atoms with Crippen LogP contribution in [0.15, 0.2) is 36.7 Å². The molecule has 8 heteroatoms. The van der Waals surface area contributed by atoms with Crippen molar-refractivity contribution in [3.05, 3.63) is 52.5 Å². The smallest absolute Gasteiger partial charge is 0.356 e. The van der Waals surface area contributed by atoms with Gasteiger partial charge in [0.15, 0.2) is 5.69 Å². The van der Waals surface area contributed by atoms with Gasteiger partial charge < -0.3 is 9.47 Å². The van der Waals surface area contributed by atoms with Crippen molar-refractivity contribution in [3.63, 3.8) is 0 Å². The summed E-state index contributed by atoms with van der Waals surface area (Å²) in [5, 5.41) is 10.9. The lowest BCUT2D eigenvalue weighted by Crippen LogP contribution is -2.06. The fourth-order valence-electron chi connectivity index (χ4n) is 1.38. The zero-order chi connectivity index (χ0) is 14.5. The molecule has 0 amide bonds. The number of nitrogens with zero attached hydrogens (tertiary/aromatic N) is 3. The SMILES string of the molecule is COC(=O)c1ccc([N+](=O)[O-])c(Oc2cccnc2)n1. The van der Waals surface area contributed by atoms with Crippen molar-refractivity contribution in [1.82, 2.24) is 9.97 Å². The molecule has 2 rings (SSSR count). The van der Waals surface area contributed by atoms with Crippen LogP contribution in [0.4, 0.5) is 5.69 Å². The molecule has 0 aliphatic rings. The van der Waals surface area contributed by atoms with Crippen molar-refractivity contribution >= 4 is 11.7 Å². The number of carbonyl (C=O) groups is 1. The minimum Gasteiger partial charge on any atom is -0.464 e. The van der Waals surface area contributed by atoms with E-state index < -0.39 is 10.9 Å². The summed E-state index contributed by atoms with van der Waals surface area (Å²) in [6.45, 7) is 0. The third kappa shape index (κ3) is 2.86. The van der Waals surface area contributed by atoms with E-state index in [0.29, 0.717) is 0 Å². The normalized spacial score (nSPS) is 9.85. The van der Waals surface area contributed by atoms with Gasteiger partial charge in [-0.15, -0.1) is 0 Å². The summed E-state index contributed by atoms with van der Waals surface area (Å²) in [4.78, 5) is 29.2. The van der Waals surface area contributed by atoms with Crippen LogP contribution >= 0.6 is 0 Å². The maximum absolute atomic E-state index is 11.4. The molecule has 0 spiro atoms. The van der Waals surface area contributed by atoms with E-state index in [1.54, 1.807) is 12.1 Å². The Labute approximate surface area is 113 Å². The molecule has 0 aromatic carbocycles. The quantitative estimate of drug-likeness (QED) is 0.477. The first kappa shape index (κ1) is 13.4. The third-order valence-corrected chi connectivity index (χ3v) is 2.28. The molecule has 0 aliphatic heterocycles. The fourth-order valence-corrected chi connectivity index (χ4v) is 1.38. The Morgan fingerprint density at radius 3 is 2.75 bits per heavy atom. The summed E-state index contributed by atoms with van der Waals surface area (Å²) in [7, 11) is 1.19. The van der Waals surface area contributed by atoms with Gasteiger partial charge in [-0.25, -0.2) is 4.79 Å². The first-order chi connectivity index (χ1) is 9.61. The third-order valence-electron chi connectivity index (χ3n) is 2.28. The van der Waals surface area contributed by atoms with E-state index in [2.05, 4.69) is 14.7 Å². The lowest BCUT2D eigenvalue weighted by atomic mass is 10.3. The van der Waals surface area contributed by atoms with Crippen molar-refractivity contribution in [1.29, 1.82) is 0 Å². The van der Waals surface area contributed by atoms with Crippen molar-refractivity contribution in [3.8, 4) is 11.6 Å². The summed E-state index contributed by atoms with van der Waals surface area (Å²) >= 11 is 0. The highest BCUT2D eigenvalue weighted by Gasteiger charge is 2.21. The lowest BCUT2D eigenvalue weighted by molar-refractivity contribution is -0.386. The molecule has 0 bridgehead atoms. The monoisotopic (exact) mass is 275 g/mol. The van der Waals surface area contributed by atoms with Crippen LogP contribution in [0.1, 0.15) is 10.5 Å². The van der Waals surface area contributed by atoms with E-state index in [1.165, 1.54) is 25.6 Å². The number of carbonyl (C=O) groups excluding carboxylic acids is 1. The van der Waals surface area contributed by atoms with Gasteiger partial charge in [0, 0.05) is 12.3 Å². The van der Waals surface area contributed by atoms with E-state index in [4.69, 9.17) is 4.74 Å². The summed E-state index contributed by atoms with van der Waals surface area (Å²) < 4.78 is 9.79. The summed E-state index contributed by atoms with van der Waals surface area (Å²) in [5.74, 6) is -0.744. The second-order valence-corrected chi connectivity index (χ2v) is 3.56. The lowest BCUT2D eigenvalue weighted by Gasteiger charge is -2.06. The van der Waals surface area contributed by atoms with Crippen molar-refractivity contribution in [2.24, 2.45) is 0 Å². The number of methoxy groups -OCH3 is 1. The maximum Gasteiger partial charge on any atom is 0.356 e. The Kier molecular flexibility index (Phi) is 3.85. The Hall–Kier alpha value is -3.03. The molecule has 2 aromatic heterocycles. The number of nitro groups is 1. The van der Waals surface area contributed by atoms with Gasteiger partial charge in [0.05, 0.1) is 18.2 Å². The maximum atomic E-state index is 11.4. The first-order valence-corrected chi connectivity index (χ1v) is 5.43. The standard InChI is InChI=1S/C12H9N3O5/c1-19-12(16)9-4-5-10(15(17)18)11(14-9)20-8-3-2-6-13-7-8/h2-7H,1H3. The van der Waals surface area contributed by atoms with Gasteiger partial charge in [-0.2, -0.15) is 4.98 Å². The molecule has 0 saturated heterocycles. The summed E-state index contributed by atoms with van der Waals surface area (Å²) in [6.07, 6.45) is 2.90. The molecule has 0 radical (unpaired) electrons. The number of hydrogen-bond acceptors (Lipinski definition) is 7. The number of pyridine rings is 2. The van der Waals surface area contributed by atoms with Crippen LogP contribution in [0, 0.1) is 10.1 Å². The fraction of sp³-hybridized carbons (Fsp3) is 0.0833. The Morgan fingerprint density at radius 1 is 1.35 bits per heavy atom. The molecule has 102 valence electrons. The van der Waals surface area contributed by atoms with E-state index in [1.807, 2.05) is 0 Å². The average molecular weight is 275 g/mol. The Balaban J connectivity index is 2.42. The van der Waals surface area contributed by atoms with Crippen molar-refractivity contribution in [2.75, 3.05) is 7.11 Å². The molecule has 2 aromatic rings. The predicted octanol–water partition coefficient (Wildman–Crippen LogP) is 1.96. The number of rotatable bonds is 4. The van der Waals surface area contributed by atoms with Crippen LogP contribution in [0.5, 0.6) is 11.6 Å². The van der Waals surface area contributed by atoms with Crippen LogP contribution in [0.2, 0.25) is 0 Å². The molecular weight excluding hydrogens is 266 g/mol. The van der Waals surface area contributed by atoms with Crippen LogP contribution in [0.25, 0.3) is 0 Å². The van der Waals surface area contributed by atoms with Gasteiger partial charge in [0.1, 0.15) is 5.75 Å². The molecule has 0 N–H and O–H groups in total. The number of ether oxygens (including phenoxy) is 2. The minimum atomic E-state index is -0.712. The van der Waals surface area contributed by atoms with Gasteiger partial charge in [-0.05, 0) is 18.2 Å². The highest BCUT2D eigenvalue weighted by Crippen LogP contribution is 2.29. The second kappa shape index (κ2) is 5.74.